The Bertz CT molecular complexity index is 415. The summed E-state index contributed by atoms with van der Waals surface area (Å²) in [5, 5.41) is 9.16. The number of nitrogens with zero attached hydrogens (tertiary/aromatic N) is 1. The molecule has 2 aliphatic heterocycles. The van der Waals surface area contributed by atoms with Gasteiger partial charge in [-0.05, 0) is 50.5 Å². The van der Waals surface area contributed by atoms with Gasteiger partial charge in [0, 0.05) is 32.2 Å². The lowest BCUT2D eigenvalue weighted by atomic mass is 9.78. The highest BCUT2D eigenvalue weighted by Gasteiger charge is 2.39. The number of carbonyl (C=O) groups excluding carboxylic acids is 1. The molecule has 0 spiro atoms. The average Bonchev–Trinajstić information content (AvgIpc) is 3.06. The Kier molecular flexibility index (Phi) is 6.90. The van der Waals surface area contributed by atoms with Gasteiger partial charge >= 0.3 is 0 Å². The minimum atomic E-state index is -0.398. The summed E-state index contributed by atoms with van der Waals surface area (Å²) in [6.07, 6.45) is 5.31. The van der Waals surface area contributed by atoms with Gasteiger partial charge in [-0.1, -0.05) is 13.8 Å². The quantitative estimate of drug-likeness (QED) is 0.781. The number of likely N-dealkylation sites (tertiary alicyclic amines) is 1. The number of carbonyl (C=O) groups is 1. The van der Waals surface area contributed by atoms with Gasteiger partial charge < -0.3 is 19.5 Å². The van der Waals surface area contributed by atoms with Crippen molar-refractivity contribution in [2.75, 3.05) is 26.3 Å². The van der Waals surface area contributed by atoms with Crippen LogP contribution < -0.4 is 0 Å². The van der Waals surface area contributed by atoms with Crippen LogP contribution in [0.5, 0.6) is 0 Å². The van der Waals surface area contributed by atoms with Crippen molar-refractivity contribution in [2.45, 2.75) is 52.7 Å². The maximum Gasteiger partial charge on any atom is 0.288 e. The van der Waals surface area contributed by atoms with Crippen LogP contribution in [0.3, 0.4) is 0 Å². The molecule has 0 aromatic heterocycles. The van der Waals surface area contributed by atoms with Gasteiger partial charge in [0.15, 0.2) is 5.76 Å². The highest BCUT2D eigenvalue weighted by Crippen LogP contribution is 2.37. The molecule has 132 valence electrons. The smallest absolute Gasteiger partial charge is 0.288 e. The number of allylic oxidation sites excluding steroid dienone is 1. The largest absolute Gasteiger partial charge is 0.459 e. The fourth-order valence-corrected chi connectivity index (χ4v) is 3.59. The van der Waals surface area contributed by atoms with Gasteiger partial charge in [-0.25, -0.2) is 0 Å². The van der Waals surface area contributed by atoms with Crippen LogP contribution >= 0.6 is 0 Å². The fraction of sp³-hybridized carbons (Fsp3) is 0.833. The number of hydrogen-bond donors (Lipinski definition) is 1. The van der Waals surface area contributed by atoms with E-state index in [2.05, 4.69) is 13.8 Å². The molecule has 5 nitrogen and oxygen atoms in total. The Labute approximate surface area is 139 Å². The van der Waals surface area contributed by atoms with Crippen molar-refractivity contribution in [3.63, 3.8) is 0 Å². The van der Waals surface area contributed by atoms with Crippen molar-refractivity contribution in [2.24, 2.45) is 17.8 Å². The van der Waals surface area contributed by atoms with Crippen LogP contribution in [0.1, 0.15) is 46.5 Å². The summed E-state index contributed by atoms with van der Waals surface area (Å²) in [4.78, 5) is 14.6. The second kappa shape index (κ2) is 8.69. The van der Waals surface area contributed by atoms with E-state index in [1.54, 1.807) is 0 Å². The van der Waals surface area contributed by atoms with E-state index in [0.29, 0.717) is 18.3 Å². The van der Waals surface area contributed by atoms with Crippen molar-refractivity contribution >= 4 is 5.91 Å². The van der Waals surface area contributed by atoms with E-state index in [1.807, 2.05) is 17.9 Å². The number of amides is 1. The van der Waals surface area contributed by atoms with E-state index in [0.717, 1.165) is 38.8 Å². The summed E-state index contributed by atoms with van der Waals surface area (Å²) < 4.78 is 11.8. The van der Waals surface area contributed by atoms with Crippen LogP contribution in [0.25, 0.3) is 0 Å². The zero-order valence-corrected chi connectivity index (χ0v) is 14.7. The maximum absolute atomic E-state index is 12.7. The number of aliphatic hydroxyl groups excluding tert-OH is 1. The lowest BCUT2D eigenvalue weighted by Crippen LogP contribution is -2.41. The van der Waals surface area contributed by atoms with E-state index < -0.39 is 6.29 Å². The first kappa shape index (κ1) is 18.3. The number of rotatable bonds is 7. The molecule has 0 bridgehead atoms. The Hall–Kier alpha value is -1.07. The van der Waals surface area contributed by atoms with Crippen LogP contribution in [0.4, 0.5) is 0 Å². The maximum atomic E-state index is 12.7. The van der Waals surface area contributed by atoms with Crippen molar-refractivity contribution in [1.82, 2.24) is 4.90 Å². The molecule has 5 heteroatoms. The van der Waals surface area contributed by atoms with Crippen LogP contribution in [-0.2, 0) is 14.3 Å². The predicted molar refractivity (Wildman–Crippen MR) is 88.5 cm³/mol. The molecule has 0 aliphatic carbocycles. The second-order valence-electron chi connectivity index (χ2n) is 6.82. The Morgan fingerprint density at radius 3 is 2.70 bits per heavy atom. The van der Waals surface area contributed by atoms with Gasteiger partial charge in [-0.2, -0.15) is 0 Å². The summed E-state index contributed by atoms with van der Waals surface area (Å²) in [5.41, 5.74) is 0. The molecule has 3 atom stereocenters. The molecule has 0 radical (unpaired) electrons. The molecule has 0 aromatic carbocycles. The molecule has 0 unspecified atom stereocenters. The molecule has 1 fully saturated rings. The third-order valence-electron chi connectivity index (χ3n) is 4.83. The molecular formula is C18H31NO4. The van der Waals surface area contributed by atoms with Gasteiger partial charge in [0.2, 0.25) is 6.29 Å². The zero-order chi connectivity index (χ0) is 16.8. The van der Waals surface area contributed by atoms with Crippen molar-refractivity contribution in [3.8, 4) is 0 Å². The van der Waals surface area contributed by atoms with Gasteiger partial charge in [-0.15, -0.1) is 0 Å². The SMILES string of the molecule is CCO[C@@H]1OC(C(=O)N2CCCC2)=C[C@H](C(C)C)[C@H]1CCCO. The standard InChI is InChI=1S/C18H31NO4/c1-4-22-18-14(8-7-11-20)15(13(2)3)12-16(23-18)17(21)19-9-5-6-10-19/h12-15,18,20H,4-11H2,1-3H3/t14-,15-,18-/m1/s1. The molecular weight excluding hydrogens is 294 g/mol. The van der Waals surface area contributed by atoms with Crippen LogP contribution in [0.2, 0.25) is 0 Å². The lowest BCUT2D eigenvalue weighted by molar-refractivity contribution is -0.178. The lowest BCUT2D eigenvalue weighted by Gasteiger charge is -2.39. The molecule has 1 saturated heterocycles. The third kappa shape index (κ3) is 4.48. The first-order valence-electron chi connectivity index (χ1n) is 8.98. The molecule has 23 heavy (non-hydrogen) atoms. The summed E-state index contributed by atoms with van der Waals surface area (Å²) in [5.74, 6) is 1.25. The number of ether oxygens (including phenoxy) is 2. The minimum absolute atomic E-state index is 0.00142. The van der Waals surface area contributed by atoms with Crippen LogP contribution in [0, 0.1) is 17.8 Å². The van der Waals surface area contributed by atoms with Crippen molar-refractivity contribution in [3.05, 3.63) is 11.8 Å². The van der Waals surface area contributed by atoms with Gasteiger partial charge in [0.1, 0.15) is 0 Å². The first-order valence-corrected chi connectivity index (χ1v) is 8.98. The Morgan fingerprint density at radius 1 is 1.43 bits per heavy atom. The summed E-state index contributed by atoms with van der Waals surface area (Å²) in [6, 6.07) is 0. The molecule has 0 aromatic rings. The summed E-state index contributed by atoms with van der Waals surface area (Å²) >= 11 is 0. The van der Waals surface area contributed by atoms with E-state index >= 15 is 0 Å². The van der Waals surface area contributed by atoms with Gasteiger partial charge in [-0.3, -0.25) is 4.79 Å². The minimum Gasteiger partial charge on any atom is -0.459 e. The molecule has 2 heterocycles. The predicted octanol–water partition coefficient (Wildman–Crippen LogP) is 2.55. The second-order valence-corrected chi connectivity index (χ2v) is 6.82. The summed E-state index contributed by atoms with van der Waals surface area (Å²) in [6.45, 7) is 8.63. The van der Waals surface area contributed by atoms with Crippen molar-refractivity contribution in [1.29, 1.82) is 0 Å². The topological polar surface area (TPSA) is 59.0 Å². The molecule has 2 rings (SSSR count). The first-order chi connectivity index (χ1) is 11.1. The van der Waals surface area contributed by atoms with E-state index in [4.69, 9.17) is 14.6 Å². The van der Waals surface area contributed by atoms with Crippen LogP contribution in [0.15, 0.2) is 11.8 Å². The highest BCUT2D eigenvalue weighted by atomic mass is 16.7. The zero-order valence-electron chi connectivity index (χ0n) is 14.7. The highest BCUT2D eigenvalue weighted by molar-refractivity contribution is 5.91. The average molecular weight is 325 g/mol. The Morgan fingerprint density at radius 2 is 2.13 bits per heavy atom. The molecule has 2 aliphatic rings. The van der Waals surface area contributed by atoms with Gasteiger partial charge in [0.25, 0.3) is 5.91 Å². The van der Waals surface area contributed by atoms with E-state index in [9.17, 15) is 4.79 Å². The van der Waals surface area contributed by atoms with Gasteiger partial charge in [0.05, 0.1) is 0 Å². The summed E-state index contributed by atoms with van der Waals surface area (Å²) in [7, 11) is 0. The van der Waals surface area contributed by atoms with E-state index in [-0.39, 0.29) is 24.3 Å². The number of hydrogen-bond acceptors (Lipinski definition) is 4. The van der Waals surface area contributed by atoms with Crippen molar-refractivity contribution < 1.29 is 19.4 Å². The normalized spacial score (nSPS) is 28.0. The number of aliphatic hydroxyl groups is 1. The van der Waals surface area contributed by atoms with Crippen LogP contribution in [-0.4, -0.2) is 48.5 Å². The molecule has 1 amide bonds. The molecule has 1 N–H and O–H groups in total. The third-order valence-corrected chi connectivity index (χ3v) is 4.83. The Balaban J connectivity index is 2.20. The fourth-order valence-electron chi connectivity index (χ4n) is 3.59. The monoisotopic (exact) mass is 325 g/mol. The molecule has 0 saturated carbocycles. The van der Waals surface area contributed by atoms with E-state index in [1.165, 1.54) is 0 Å².